The lowest BCUT2D eigenvalue weighted by atomic mass is 9.72. The van der Waals surface area contributed by atoms with E-state index in [-0.39, 0.29) is 5.41 Å². The second kappa shape index (κ2) is 5.76. The number of rotatable bonds is 3. The van der Waals surface area contributed by atoms with Crippen molar-refractivity contribution in [1.29, 1.82) is 0 Å². The SMILES string of the molecule is CC(C)C1CCCC(O)(Cc2nc(C(C)(C)C)cs2)C1. The Morgan fingerprint density at radius 2 is 2.15 bits per heavy atom. The first kappa shape index (κ1) is 16.0. The minimum absolute atomic E-state index is 0.102. The summed E-state index contributed by atoms with van der Waals surface area (Å²) in [4.78, 5) is 4.75. The smallest absolute Gasteiger partial charge is 0.0957 e. The van der Waals surface area contributed by atoms with E-state index in [2.05, 4.69) is 40.0 Å². The highest BCUT2D eigenvalue weighted by Gasteiger charge is 2.36. The fraction of sp³-hybridized carbons (Fsp3) is 0.824. The molecule has 0 bridgehead atoms. The van der Waals surface area contributed by atoms with Gasteiger partial charge >= 0.3 is 0 Å². The van der Waals surface area contributed by atoms with Crippen LogP contribution in [0.4, 0.5) is 0 Å². The third kappa shape index (κ3) is 3.82. The summed E-state index contributed by atoms with van der Waals surface area (Å²) in [6.45, 7) is 11.1. The van der Waals surface area contributed by atoms with Gasteiger partial charge in [0, 0.05) is 17.2 Å². The Balaban J connectivity index is 2.06. The zero-order valence-electron chi connectivity index (χ0n) is 13.6. The maximum Gasteiger partial charge on any atom is 0.0957 e. The summed E-state index contributed by atoms with van der Waals surface area (Å²) < 4.78 is 0. The molecule has 2 atom stereocenters. The van der Waals surface area contributed by atoms with E-state index in [0.717, 1.165) is 36.4 Å². The average Bonchev–Trinajstić information content (AvgIpc) is 2.76. The molecular weight excluding hydrogens is 266 g/mol. The zero-order valence-corrected chi connectivity index (χ0v) is 14.4. The van der Waals surface area contributed by atoms with Crippen molar-refractivity contribution in [3.8, 4) is 0 Å². The van der Waals surface area contributed by atoms with Gasteiger partial charge in [0.25, 0.3) is 0 Å². The Bertz CT molecular complexity index is 446. The van der Waals surface area contributed by atoms with Crippen molar-refractivity contribution in [3.05, 3.63) is 16.1 Å². The van der Waals surface area contributed by atoms with Gasteiger partial charge in [-0.3, -0.25) is 0 Å². The summed E-state index contributed by atoms with van der Waals surface area (Å²) in [7, 11) is 0. The number of nitrogens with zero attached hydrogens (tertiary/aromatic N) is 1. The van der Waals surface area contributed by atoms with Crippen LogP contribution < -0.4 is 0 Å². The van der Waals surface area contributed by atoms with E-state index in [9.17, 15) is 5.11 Å². The first-order valence-corrected chi connectivity index (χ1v) is 8.75. The summed E-state index contributed by atoms with van der Waals surface area (Å²) >= 11 is 1.71. The Morgan fingerprint density at radius 3 is 2.70 bits per heavy atom. The topological polar surface area (TPSA) is 33.1 Å². The van der Waals surface area contributed by atoms with Gasteiger partial charge in [-0.15, -0.1) is 11.3 Å². The van der Waals surface area contributed by atoms with Crippen LogP contribution in [-0.2, 0) is 11.8 Å². The molecule has 1 N–H and O–H groups in total. The van der Waals surface area contributed by atoms with E-state index in [1.807, 2.05) is 0 Å². The molecule has 0 amide bonds. The van der Waals surface area contributed by atoms with Crippen molar-refractivity contribution in [3.63, 3.8) is 0 Å². The van der Waals surface area contributed by atoms with E-state index < -0.39 is 5.60 Å². The molecule has 1 aliphatic rings. The van der Waals surface area contributed by atoms with Gasteiger partial charge in [0.15, 0.2) is 0 Å². The lowest BCUT2D eigenvalue weighted by Gasteiger charge is -2.38. The number of aromatic nitrogens is 1. The Morgan fingerprint density at radius 1 is 1.45 bits per heavy atom. The van der Waals surface area contributed by atoms with Crippen molar-refractivity contribution in [2.45, 2.75) is 77.7 Å². The van der Waals surface area contributed by atoms with Crippen molar-refractivity contribution in [2.24, 2.45) is 11.8 Å². The second-order valence-corrected chi connectivity index (χ2v) is 8.82. The van der Waals surface area contributed by atoms with E-state index in [1.54, 1.807) is 11.3 Å². The summed E-state index contributed by atoms with van der Waals surface area (Å²) in [6, 6.07) is 0. The lowest BCUT2D eigenvalue weighted by Crippen LogP contribution is -2.38. The molecule has 1 fully saturated rings. The van der Waals surface area contributed by atoms with Crippen LogP contribution in [0, 0.1) is 11.8 Å². The van der Waals surface area contributed by atoms with Crippen LogP contribution in [0.5, 0.6) is 0 Å². The van der Waals surface area contributed by atoms with E-state index in [4.69, 9.17) is 4.98 Å². The van der Waals surface area contributed by atoms with Gasteiger partial charge < -0.3 is 5.11 Å². The molecule has 1 heterocycles. The zero-order chi connectivity index (χ0) is 15.0. The first-order valence-electron chi connectivity index (χ1n) is 7.87. The second-order valence-electron chi connectivity index (χ2n) is 7.88. The predicted octanol–water partition coefficient (Wildman–Crippen LogP) is 4.56. The van der Waals surface area contributed by atoms with Crippen molar-refractivity contribution in [2.75, 3.05) is 0 Å². The summed E-state index contributed by atoms with van der Waals surface area (Å²) in [5.41, 5.74) is 0.724. The Labute approximate surface area is 127 Å². The highest BCUT2D eigenvalue weighted by Crippen LogP contribution is 2.39. The first-order chi connectivity index (χ1) is 9.20. The minimum Gasteiger partial charge on any atom is -0.389 e. The lowest BCUT2D eigenvalue weighted by molar-refractivity contribution is -0.0240. The van der Waals surface area contributed by atoms with Crippen LogP contribution in [0.2, 0.25) is 0 Å². The monoisotopic (exact) mass is 295 g/mol. The van der Waals surface area contributed by atoms with Gasteiger partial charge in [-0.2, -0.15) is 0 Å². The maximum atomic E-state index is 10.9. The van der Waals surface area contributed by atoms with Crippen LogP contribution in [0.1, 0.15) is 71.0 Å². The molecule has 0 aromatic carbocycles. The summed E-state index contributed by atoms with van der Waals surface area (Å²) in [5.74, 6) is 1.33. The highest BCUT2D eigenvalue weighted by molar-refractivity contribution is 7.09. The van der Waals surface area contributed by atoms with Crippen LogP contribution in [0.3, 0.4) is 0 Å². The Kier molecular flexibility index (Phi) is 4.60. The van der Waals surface area contributed by atoms with E-state index >= 15 is 0 Å². The molecule has 1 aromatic heterocycles. The number of hydrogen-bond acceptors (Lipinski definition) is 3. The van der Waals surface area contributed by atoms with Crippen molar-refractivity contribution in [1.82, 2.24) is 4.98 Å². The summed E-state index contributed by atoms with van der Waals surface area (Å²) in [6.07, 6.45) is 5.02. The third-order valence-corrected chi connectivity index (χ3v) is 5.45. The molecule has 1 saturated carbocycles. The fourth-order valence-electron chi connectivity index (χ4n) is 3.13. The molecule has 2 rings (SSSR count). The Hall–Kier alpha value is -0.410. The molecular formula is C17H29NOS. The molecule has 0 aliphatic heterocycles. The van der Waals surface area contributed by atoms with Crippen molar-refractivity contribution >= 4 is 11.3 Å². The summed E-state index contributed by atoms with van der Waals surface area (Å²) in [5, 5.41) is 14.2. The minimum atomic E-state index is -0.528. The fourth-order valence-corrected chi connectivity index (χ4v) is 4.29. The van der Waals surface area contributed by atoms with Crippen LogP contribution in [-0.4, -0.2) is 15.7 Å². The van der Waals surface area contributed by atoms with Crippen LogP contribution >= 0.6 is 11.3 Å². The molecule has 20 heavy (non-hydrogen) atoms. The largest absolute Gasteiger partial charge is 0.389 e. The van der Waals surface area contributed by atoms with E-state index in [0.29, 0.717) is 11.8 Å². The molecule has 0 radical (unpaired) electrons. The van der Waals surface area contributed by atoms with Gasteiger partial charge in [-0.05, 0) is 31.1 Å². The van der Waals surface area contributed by atoms with Gasteiger partial charge in [0.1, 0.15) is 0 Å². The van der Waals surface area contributed by atoms with Crippen LogP contribution in [0.25, 0.3) is 0 Å². The van der Waals surface area contributed by atoms with Gasteiger partial charge in [0.2, 0.25) is 0 Å². The molecule has 1 aromatic rings. The quantitative estimate of drug-likeness (QED) is 0.886. The molecule has 114 valence electrons. The molecule has 3 heteroatoms. The third-order valence-electron chi connectivity index (χ3n) is 4.60. The molecule has 0 spiro atoms. The van der Waals surface area contributed by atoms with E-state index in [1.165, 1.54) is 6.42 Å². The van der Waals surface area contributed by atoms with Crippen molar-refractivity contribution < 1.29 is 5.11 Å². The number of hydrogen-bond donors (Lipinski definition) is 1. The maximum absolute atomic E-state index is 10.9. The van der Waals surface area contributed by atoms with Gasteiger partial charge in [0.05, 0.1) is 16.3 Å². The molecule has 2 nitrogen and oxygen atoms in total. The van der Waals surface area contributed by atoms with Gasteiger partial charge in [-0.25, -0.2) is 4.98 Å². The average molecular weight is 295 g/mol. The molecule has 2 unspecified atom stereocenters. The normalized spacial score (nSPS) is 28.1. The highest BCUT2D eigenvalue weighted by atomic mass is 32.1. The standard InChI is InChI=1S/C17H29NOS/c1-12(2)13-7-6-8-17(19,9-13)10-15-18-14(11-20-15)16(3,4)5/h11-13,19H,6-10H2,1-5H3. The van der Waals surface area contributed by atoms with Crippen LogP contribution in [0.15, 0.2) is 5.38 Å². The number of thiazole rings is 1. The number of aliphatic hydroxyl groups is 1. The molecule has 0 saturated heterocycles. The predicted molar refractivity (Wildman–Crippen MR) is 86.3 cm³/mol. The molecule has 1 aliphatic carbocycles. The van der Waals surface area contributed by atoms with Gasteiger partial charge in [-0.1, -0.05) is 41.0 Å².